The number of rotatable bonds is 0. The van der Waals surface area contributed by atoms with E-state index < -0.39 is 0 Å². The molecule has 0 saturated carbocycles. The second-order valence-electron chi connectivity index (χ2n) is 0.755. The minimum atomic E-state index is -0.333. The Morgan fingerprint density at radius 2 is 0.923 bits per heavy atom. The molecule has 0 saturated heterocycles. The predicted molar refractivity (Wildman–Crippen MR) is 59.9 cm³/mol. The molecule has 0 aromatic rings. The maximum absolute atomic E-state index is 7.18. The van der Waals surface area contributed by atoms with Crippen LogP contribution in [0.2, 0.25) is 0 Å². The summed E-state index contributed by atoms with van der Waals surface area (Å²) in [5.74, 6) is -0.333. The lowest BCUT2D eigenvalue weighted by atomic mass is 11.1. The van der Waals surface area contributed by atoms with E-state index in [9.17, 15) is 0 Å². The third-order valence-electron chi connectivity index (χ3n) is 0. The molecule has 0 aliphatic heterocycles. The van der Waals surface area contributed by atoms with Gasteiger partial charge in [-0.15, -0.1) is 0 Å². The van der Waals surface area contributed by atoms with Crippen LogP contribution in [0, 0.1) is 37.4 Å². The standard InChI is InChI=1S/CH5N3.3CHNS/c2-1(3)4;3*2-1-3/h(H5,2,3,4);3*3H. The van der Waals surface area contributed by atoms with Gasteiger partial charge in [0.05, 0.1) is 0 Å². The molecule has 0 aliphatic carbocycles. The molecule has 0 amide bonds. The Labute approximate surface area is 92.9 Å². The summed E-state index contributed by atoms with van der Waals surface area (Å²) in [6.45, 7) is 0. The number of guanidine groups is 1. The highest BCUT2D eigenvalue weighted by Crippen LogP contribution is 1.47. The van der Waals surface area contributed by atoms with Gasteiger partial charge in [0.2, 0.25) is 0 Å². The second kappa shape index (κ2) is 45.1. The van der Waals surface area contributed by atoms with Crippen molar-refractivity contribution in [2.45, 2.75) is 0 Å². The van der Waals surface area contributed by atoms with Gasteiger partial charge >= 0.3 is 0 Å². The summed E-state index contributed by atoms with van der Waals surface area (Å²) < 4.78 is 0. The molecule has 0 bridgehead atoms. The highest BCUT2D eigenvalue weighted by Gasteiger charge is 1.52. The van der Waals surface area contributed by atoms with E-state index in [4.69, 9.17) is 21.2 Å². The first kappa shape index (κ1) is 22.6. The van der Waals surface area contributed by atoms with Gasteiger partial charge in [-0.05, 0) is 0 Å². The summed E-state index contributed by atoms with van der Waals surface area (Å²) in [7, 11) is 0. The zero-order valence-electron chi connectivity index (χ0n) is 6.34. The van der Waals surface area contributed by atoms with Crippen molar-refractivity contribution in [3.63, 3.8) is 0 Å². The number of nitrogens with one attached hydrogen (secondary N) is 1. The molecule has 0 spiro atoms. The van der Waals surface area contributed by atoms with Gasteiger partial charge in [0, 0.05) is 0 Å². The van der Waals surface area contributed by atoms with Gasteiger partial charge in [-0.1, -0.05) is 37.9 Å². The van der Waals surface area contributed by atoms with Crippen molar-refractivity contribution in [2.75, 3.05) is 0 Å². The summed E-state index contributed by atoms with van der Waals surface area (Å²) in [6.07, 6.45) is 0. The van der Waals surface area contributed by atoms with Crippen LogP contribution in [0.3, 0.4) is 0 Å². The van der Waals surface area contributed by atoms with Crippen molar-refractivity contribution in [3.05, 3.63) is 0 Å². The molecule has 6 nitrogen and oxygen atoms in total. The molecule has 0 heterocycles. The highest BCUT2D eigenvalue weighted by atomic mass is 32.1. The summed E-state index contributed by atoms with van der Waals surface area (Å²) in [5.41, 5.74) is 8.94. The minimum Gasteiger partial charge on any atom is -0.370 e. The first-order valence-electron chi connectivity index (χ1n) is 2.17. The van der Waals surface area contributed by atoms with E-state index in [1.165, 1.54) is 16.2 Å². The first-order chi connectivity index (χ1) is 5.97. The van der Waals surface area contributed by atoms with E-state index in [2.05, 4.69) is 49.4 Å². The number of hydrogen-bond donors (Lipinski definition) is 6. The van der Waals surface area contributed by atoms with Crippen LogP contribution in [0.4, 0.5) is 0 Å². The zero-order valence-corrected chi connectivity index (χ0v) is 9.02. The summed E-state index contributed by atoms with van der Waals surface area (Å²) in [6, 6.07) is 0. The van der Waals surface area contributed by atoms with Crippen molar-refractivity contribution in [3.8, 4) is 16.2 Å². The average Bonchev–Trinajstić information content (AvgIpc) is 1.88. The average molecular weight is 236 g/mol. The molecule has 0 rings (SSSR count). The number of thiol groups is 3. The number of nitrogens with zero attached hydrogens (tertiary/aromatic N) is 3. The van der Waals surface area contributed by atoms with Crippen molar-refractivity contribution in [2.24, 2.45) is 11.5 Å². The fourth-order valence-electron chi connectivity index (χ4n) is 0. The van der Waals surface area contributed by atoms with Crippen LogP contribution in [0.15, 0.2) is 0 Å². The number of thiocyanates is 3. The van der Waals surface area contributed by atoms with Crippen LogP contribution in [0.1, 0.15) is 0 Å². The van der Waals surface area contributed by atoms with Crippen LogP contribution in [0.25, 0.3) is 0 Å². The maximum atomic E-state index is 7.18. The van der Waals surface area contributed by atoms with Crippen LogP contribution in [-0.2, 0) is 0 Å². The molecule has 9 heteroatoms. The lowest BCUT2D eigenvalue weighted by Crippen LogP contribution is -2.20. The van der Waals surface area contributed by atoms with E-state index >= 15 is 0 Å². The Bertz CT molecular complexity index is 175. The van der Waals surface area contributed by atoms with E-state index in [1.807, 2.05) is 0 Å². The molecule has 0 aromatic heterocycles. The normalized spacial score (nSPS) is 3.69. The third kappa shape index (κ3) is 569. The summed E-state index contributed by atoms with van der Waals surface area (Å²) in [4.78, 5) is 0. The van der Waals surface area contributed by atoms with Gasteiger partial charge in [-0.3, -0.25) is 5.41 Å². The summed E-state index contributed by atoms with van der Waals surface area (Å²) in [5, 5.41) is 31.9. The lowest BCUT2D eigenvalue weighted by molar-refractivity contribution is 1.39. The zero-order chi connectivity index (χ0) is 11.7. The molecule has 0 atom stereocenters. The molecular formula is C4H8N6S3. The van der Waals surface area contributed by atoms with Crippen molar-refractivity contribution >= 4 is 43.8 Å². The van der Waals surface area contributed by atoms with E-state index in [0.717, 1.165) is 0 Å². The molecule has 0 unspecified atom stereocenters. The van der Waals surface area contributed by atoms with Crippen molar-refractivity contribution in [1.82, 2.24) is 0 Å². The fourth-order valence-corrected chi connectivity index (χ4v) is 0. The molecular weight excluding hydrogens is 228 g/mol. The molecule has 0 radical (unpaired) electrons. The third-order valence-corrected chi connectivity index (χ3v) is 0. The number of nitriles is 3. The quantitative estimate of drug-likeness (QED) is 0.152. The van der Waals surface area contributed by atoms with Crippen molar-refractivity contribution in [1.29, 1.82) is 21.2 Å². The molecule has 0 fully saturated rings. The van der Waals surface area contributed by atoms with Crippen LogP contribution < -0.4 is 11.5 Å². The Kier molecular flexibility index (Phi) is 78.4. The lowest BCUT2D eigenvalue weighted by Gasteiger charge is -1.69. The Hall–Kier alpha value is -1.21. The Balaban J connectivity index is -0.0000000420. The van der Waals surface area contributed by atoms with Gasteiger partial charge < -0.3 is 11.5 Å². The van der Waals surface area contributed by atoms with Gasteiger partial charge in [0.1, 0.15) is 16.2 Å². The smallest absolute Gasteiger partial charge is 0.183 e. The Morgan fingerprint density at radius 3 is 0.923 bits per heavy atom. The van der Waals surface area contributed by atoms with E-state index in [1.54, 1.807) is 0 Å². The van der Waals surface area contributed by atoms with Crippen LogP contribution in [0.5, 0.6) is 0 Å². The maximum Gasteiger partial charge on any atom is 0.183 e. The monoisotopic (exact) mass is 236 g/mol. The van der Waals surface area contributed by atoms with Crippen LogP contribution >= 0.6 is 37.9 Å². The van der Waals surface area contributed by atoms with Gasteiger partial charge in [0.15, 0.2) is 5.96 Å². The highest BCUT2D eigenvalue weighted by molar-refractivity contribution is 7.85. The molecule has 13 heavy (non-hydrogen) atoms. The second-order valence-corrected chi connectivity index (χ2v) is 1.36. The van der Waals surface area contributed by atoms with Gasteiger partial charge in [0.25, 0.3) is 0 Å². The van der Waals surface area contributed by atoms with Gasteiger partial charge in [-0.25, -0.2) is 0 Å². The SMILES string of the molecule is N#CS.N#CS.N#CS.N=C(N)N. The molecule has 0 aromatic carbocycles. The number of hydrogen-bond acceptors (Lipinski definition) is 7. The number of nitrogens with two attached hydrogens (primary N) is 2. The van der Waals surface area contributed by atoms with Gasteiger partial charge in [-0.2, -0.15) is 15.8 Å². The first-order valence-corrected chi connectivity index (χ1v) is 3.51. The van der Waals surface area contributed by atoms with E-state index in [-0.39, 0.29) is 5.96 Å². The predicted octanol–water partition coefficient (Wildman–Crippen LogP) is 0.0304. The molecule has 0 aliphatic rings. The Morgan fingerprint density at radius 1 is 0.923 bits per heavy atom. The molecule has 5 N–H and O–H groups in total. The van der Waals surface area contributed by atoms with Crippen molar-refractivity contribution < 1.29 is 0 Å². The van der Waals surface area contributed by atoms with Crippen LogP contribution in [-0.4, -0.2) is 5.96 Å². The minimum absolute atomic E-state index is 0.333. The topological polar surface area (TPSA) is 147 Å². The summed E-state index contributed by atoms with van der Waals surface area (Å²) >= 11 is 9.28. The fraction of sp³-hybridized carbons (Fsp3) is 0. The molecule has 72 valence electrons. The largest absolute Gasteiger partial charge is 0.370 e. The van der Waals surface area contributed by atoms with E-state index in [0.29, 0.717) is 0 Å².